The Morgan fingerprint density at radius 2 is 1.67 bits per heavy atom. The maximum absolute atomic E-state index is 11.9. The van der Waals surface area contributed by atoms with Crippen LogP contribution in [0.2, 0.25) is 0 Å². The molecule has 0 radical (unpaired) electrons. The Morgan fingerprint density at radius 3 is 2.29 bits per heavy atom. The third-order valence-electron chi connectivity index (χ3n) is 3.47. The minimum atomic E-state index is -0.386. The van der Waals surface area contributed by atoms with Gasteiger partial charge in [0.2, 0.25) is 0 Å². The Hall–Kier alpha value is -2.55. The van der Waals surface area contributed by atoms with E-state index >= 15 is 0 Å². The smallest absolute Gasteiger partial charge is 0.336 e. The highest BCUT2D eigenvalue weighted by molar-refractivity contribution is 5.88. The second-order valence-corrected chi connectivity index (χ2v) is 5.85. The molecule has 0 aromatic heterocycles. The number of carbonyl (C=O) groups is 1. The first-order valence-electron chi connectivity index (χ1n) is 8.28. The van der Waals surface area contributed by atoms with Gasteiger partial charge >= 0.3 is 5.97 Å². The Kier molecular flexibility index (Phi) is 6.62. The number of rotatable bonds is 7. The number of hydrogen-bond acceptors (Lipinski definition) is 3. The maximum atomic E-state index is 11.9. The molecule has 0 aliphatic rings. The molecule has 2 aromatic carbocycles. The molecule has 126 valence electrons. The van der Waals surface area contributed by atoms with Crippen LogP contribution < -0.4 is 9.47 Å². The number of aryl methyl sites for hydroxylation is 2. The van der Waals surface area contributed by atoms with Crippen LogP contribution in [0.25, 0.3) is 6.08 Å². The second kappa shape index (κ2) is 8.92. The van der Waals surface area contributed by atoms with Gasteiger partial charge in [-0.3, -0.25) is 0 Å². The van der Waals surface area contributed by atoms with Crippen LogP contribution in [-0.4, -0.2) is 12.6 Å². The van der Waals surface area contributed by atoms with Crippen molar-refractivity contribution in [1.82, 2.24) is 0 Å². The summed E-state index contributed by atoms with van der Waals surface area (Å²) in [7, 11) is 0. The molecule has 0 saturated carbocycles. The van der Waals surface area contributed by atoms with Gasteiger partial charge in [-0.05, 0) is 67.3 Å². The van der Waals surface area contributed by atoms with E-state index < -0.39 is 0 Å². The van der Waals surface area contributed by atoms with E-state index in [-0.39, 0.29) is 5.97 Å². The van der Waals surface area contributed by atoms with Crippen LogP contribution in [0.4, 0.5) is 0 Å². The Labute approximate surface area is 143 Å². The predicted octanol–water partition coefficient (Wildman–Crippen LogP) is 5.10. The standard InChI is InChI=1S/C21H24O3/c1-4-5-12-23-19-9-6-18(7-10-19)8-11-21(22)24-20-14-16(2)13-17(3)15-20/h6-11,13-15H,4-5,12H2,1-3H3/b11-8+. The summed E-state index contributed by atoms with van der Waals surface area (Å²) in [5.41, 5.74) is 3.07. The molecule has 0 amide bonds. The summed E-state index contributed by atoms with van der Waals surface area (Å²) < 4.78 is 10.9. The van der Waals surface area contributed by atoms with Crippen LogP contribution in [0.3, 0.4) is 0 Å². The van der Waals surface area contributed by atoms with Gasteiger partial charge in [0.05, 0.1) is 6.61 Å². The lowest BCUT2D eigenvalue weighted by atomic mass is 10.1. The van der Waals surface area contributed by atoms with Crippen LogP contribution >= 0.6 is 0 Å². The fourth-order valence-corrected chi connectivity index (χ4v) is 2.32. The molecular weight excluding hydrogens is 300 g/mol. The van der Waals surface area contributed by atoms with E-state index in [4.69, 9.17) is 9.47 Å². The minimum Gasteiger partial charge on any atom is -0.494 e. The van der Waals surface area contributed by atoms with Crippen LogP contribution in [0, 0.1) is 13.8 Å². The molecule has 0 spiro atoms. The normalized spacial score (nSPS) is 10.8. The summed E-state index contributed by atoms with van der Waals surface area (Å²) in [6.07, 6.45) is 5.33. The van der Waals surface area contributed by atoms with Crippen molar-refractivity contribution in [2.24, 2.45) is 0 Å². The molecule has 0 atom stereocenters. The summed E-state index contributed by atoms with van der Waals surface area (Å²) in [4.78, 5) is 11.9. The first-order valence-corrected chi connectivity index (χ1v) is 8.28. The molecule has 0 fully saturated rings. The predicted molar refractivity (Wildman–Crippen MR) is 97.4 cm³/mol. The first-order chi connectivity index (χ1) is 11.6. The van der Waals surface area contributed by atoms with Gasteiger partial charge in [0, 0.05) is 6.08 Å². The second-order valence-electron chi connectivity index (χ2n) is 5.85. The average molecular weight is 324 g/mol. The molecule has 2 rings (SSSR count). The molecule has 0 saturated heterocycles. The van der Waals surface area contributed by atoms with Crippen molar-refractivity contribution in [2.75, 3.05) is 6.61 Å². The van der Waals surface area contributed by atoms with Crippen molar-refractivity contribution in [2.45, 2.75) is 33.6 Å². The van der Waals surface area contributed by atoms with Crippen molar-refractivity contribution in [3.05, 3.63) is 65.2 Å². The highest BCUT2D eigenvalue weighted by Gasteiger charge is 2.02. The van der Waals surface area contributed by atoms with Gasteiger partial charge in [-0.15, -0.1) is 0 Å². The molecule has 0 heterocycles. The van der Waals surface area contributed by atoms with Crippen molar-refractivity contribution in [3.8, 4) is 11.5 Å². The van der Waals surface area contributed by atoms with E-state index in [1.807, 2.05) is 56.3 Å². The van der Waals surface area contributed by atoms with E-state index in [2.05, 4.69) is 6.92 Å². The SMILES string of the molecule is CCCCOc1ccc(/C=C/C(=O)Oc2cc(C)cc(C)c2)cc1. The van der Waals surface area contributed by atoms with Crippen molar-refractivity contribution < 1.29 is 14.3 Å². The third kappa shape index (κ3) is 5.92. The highest BCUT2D eigenvalue weighted by Crippen LogP contribution is 2.17. The Bertz CT molecular complexity index is 679. The lowest BCUT2D eigenvalue weighted by Gasteiger charge is -2.05. The zero-order chi connectivity index (χ0) is 17.4. The van der Waals surface area contributed by atoms with Gasteiger partial charge in [-0.1, -0.05) is 31.5 Å². The van der Waals surface area contributed by atoms with E-state index in [1.165, 1.54) is 6.08 Å². The molecule has 0 unspecified atom stereocenters. The van der Waals surface area contributed by atoms with Crippen molar-refractivity contribution in [1.29, 1.82) is 0 Å². The monoisotopic (exact) mass is 324 g/mol. The molecule has 0 aliphatic heterocycles. The molecule has 2 aromatic rings. The molecule has 24 heavy (non-hydrogen) atoms. The van der Waals surface area contributed by atoms with Gasteiger partial charge < -0.3 is 9.47 Å². The topological polar surface area (TPSA) is 35.5 Å². The lowest BCUT2D eigenvalue weighted by molar-refractivity contribution is -0.128. The van der Waals surface area contributed by atoms with Gasteiger partial charge in [-0.25, -0.2) is 4.79 Å². The number of hydrogen-bond donors (Lipinski definition) is 0. The number of esters is 1. The number of carbonyl (C=O) groups excluding carboxylic acids is 1. The molecule has 3 heteroatoms. The molecular formula is C21H24O3. The molecule has 3 nitrogen and oxygen atoms in total. The molecule has 0 bridgehead atoms. The van der Waals surface area contributed by atoms with Gasteiger partial charge in [0.25, 0.3) is 0 Å². The molecule has 0 aliphatic carbocycles. The van der Waals surface area contributed by atoms with Gasteiger partial charge in [0.15, 0.2) is 0 Å². The fourth-order valence-electron chi connectivity index (χ4n) is 2.32. The Morgan fingerprint density at radius 1 is 1.00 bits per heavy atom. The largest absolute Gasteiger partial charge is 0.494 e. The zero-order valence-corrected chi connectivity index (χ0v) is 14.5. The summed E-state index contributed by atoms with van der Waals surface area (Å²) in [6.45, 7) is 6.82. The van der Waals surface area contributed by atoms with E-state index in [1.54, 1.807) is 6.08 Å². The van der Waals surface area contributed by atoms with Crippen molar-refractivity contribution in [3.63, 3.8) is 0 Å². The average Bonchev–Trinajstić information content (AvgIpc) is 2.53. The summed E-state index contributed by atoms with van der Waals surface area (Å²) in [6, 6.07) is 13.4. The molecule has 0 N–H and O–H groups in total. The number of benzene rings is 2. The summed E-state index contributed by atoms with van der Waals surface area (Å²) in [5, 5.41) is 0. The number of ether oxygens (including phenoxy) is 2. The van der Waals surface area contributed by atoms with Crippen LogP contribution in [-0.2, 0) is 4.79 Å². The lowest BCUT2D eigenvalue weighted by Crippen LogP contribution is -2.04. The number of unbranched alkanes of at least 4 members (excludes halogenated alkanes) is 1. The van der Waals surface area contributed by atoms with Crippen LogP contribution in [0.5, 0.6) is 11.5 Å². The van der Waals surface area contributed by atoms with E-state index in [9.17, 15) is 4.79 Å². The third-order valence-corrected chi connectivity index (χ3v) is 3.47. The van der Waals surface area contributed by atoms with Crippen LogP contribution in [0.15, 0.2) is 48.5 Å². The van der Waals surface area contributed by atoms with Crippen LogP contribution in [0.1, 0.15) is 36.5 Å². The van der Waals surface area contributed by atoms with E-state index in [0.29, 0.717) is 5.75 Å². The maximum Gasteiger partial charge on any atom is 0.336 e. The fraction of sp³-hybridized carbons (Fsp3) is 0.286. The zero-order valence-electron chi connectivity index (χ0n) is 14.5. The highest BCUT2D eigenvalue weighted by atomic mass is 16.5. The minimum absolute atomic E-state index is 0.386. The van der Waals surface area contributed by atoms with E-state index in [0.717, 1.165) is 41.9 Å². The summed E-state index contributed by atoms with van der Waals surface area (Å²) in [5.74, 6) is 1.03. The van der Waals surface area contributed by atoms with Crippen molar-refractivity contribution >= 4 is 12.0 Å². The van der Waals surface area contributed by atoms with Gasteiger partial charge in [0.1, 0.15) is 11.5 Å². The van der Waals surface area contributed by atoms with Gasteiger partial charge in [-0.2, -0.15) is 0 Å². The quantitative estimate of drug-likeness (QED) is 0.307. The Balaban J connectivity index is 1.91. The first kappa shape index (κ1) is 17.8. The summed E-state index contributed by atoms with van der Waals surface area (Å²) >= 11 is 0.